The van der Waals surface area contributed by atoms with Crippen LogP contribution in [0.1, 0.15) is 32.4 Å². The van der Waals surface area contributed by atoms with Crippen molar-refractivity contribution in [3.05, 3.63) is 38.9 Å². The number of rotatable bonds is 4. The number of thiocarbonyl (C=S) groups is 1. The SMILES string of the molecule is CC1=NC(=S)N(C(=O)C(C)C)C(c2cccc([N+](=O)[O-])c2Cl)C1C(=O)O. The van der Waals surface area contributed by atoms with Gasteiger partial charge in [0.05, 0.1) is 11.0 Å². The summed E-state index contributed by atoms with van der Waals surface area (Å²) in [6.07, 6.45) is 0. The summed E-state index contributed by atoms with van der Waals surface area (Å²) in [5.74, 6) is -3.40. The highest BCUT2D eigenvalue weighted by molar-refractivity contribution is 7.80. The second-order valence-electron chi connectivity index (χ2n) is 6.10. The van der Waals surface area contributed by atoms with Gasteiger partial charge in [-0.3, -0.25) is 24.6 Å². The molecule has 1 aromatic rings. The molecular formula is C16H16ClN3O5S. The van der Waals surface area contributed by atoms with Gasteiger partial charge in [0.2, 0.25) is 11.0 Å². The number of nitrogens with zero attached hydrogens (tertiary/aromatic N) is 3. The number of carbonyl (C=O) groups excluding carboxylic acids is 1. The standard InChI is InChI=1S/C16H16ClN3O5S/c1-7(2)14(21)19-13(11(15(22)23)8(3)18-16(19)26)9-5-4-6-10(12(9)17)20(24)25/h4-7,11,13H,1-3H3,(H,22,23). The van der Waals surface area contributed by atoms with Crippen molar-refractivity contribution in [1.82, 2.24) is 4.90 Å². The van der Waals surface area contributed by atoms with Gasteiger partial charge < -0.3 is 5.11 Å². The van der Waals surface area contributed by atoms with Crippen molar-refractivity contribution in [2.45, 2.75) is 26.8 Å². The number of benzene rings is 1. The molecule has 0 spiro atoms. The Hall–Kier alpha value is -2.39. The molecule has 26 heavy (non-hydrogen) atoms. The van der Waals surface area contributed by atoms with E-state index in [-0.39, 0.29) is 27.1 Å². The third-order valence-corrected chi connectivity index (χ3v) is 4.74. The Morgan fingerprint density at radius 3 is 2.54 bits per heavy atom. The monoisotopic (exact) mass is 397 g/mol. The Labute approximate surface area is 159 Å². The molecule has 0 aromatic heterocycles. The fourth-order valence-corrected chi connectivity index (χ4v) is 3.47. The van der Waals surface area contributed by atoms with E-state index < -0.39 is 34.7 Å². The summed E-state index contributed by atoms with van der Waals surface area (Å²) in [7, 11) is 0. The van der Waals surface area contributed by atoms with E-state index in [1.54, 1.807) is 13.8 Å². The molecule has 2 rings (SSSR count). The molecule has 1 aromatic carbocycles. The van der Waals surface area contributed by atoms with Crippen molar-refractivity contribution in [3.8, 4) is 0 Å². The highest BCUT2D eigenvalue weighted by Gasteiger charge is 2.45. The molecule has 1 amide bonds. The van der Waals surface area contributed by atoms with E-state index in [4.69, 9.17) is 23.8 Å². The molecule has 0 radical (unpaired) electrons. The minimum atomic E-state index is -1.23. The van der Waals surface area contributed by atoms with Gasteiger partial charge in [-0.2, -0.15) is 0 Å². The zero-order valence-electron chi connectivity index (χ0n) is 14.2. The average molecular weight is 398 g/mol. The quantitative estimate of drug-likeness (QED) is 0.474. The molecule has 2 atom stereocenters. The lowest BCUT2D eigenvalue weighted by atomic mass is 9.86. The minimum absolute atomic E-state index is 0.0914. The van der Waals surface area contributed by atoms with Crippen molar-refractivity contribution in [1.29, 1.82) is 0 Å². The number of carboxylic acids is 1. The maximum absolute atomic E-state index is 12.7. The Morgan fingerprint density at radius 1 is 1.42 bits per heavy atom. The van der Waals surface area contributed by atoms with E-state index in [1.807, 2.05) is 0 Å². The van der Waals surface area contributed by atoms with Crippen molar-refractivity contribution in [2.75, 3.05) is 0 Å². The number of aliphatic imine (C=N–C) groups is 1. The van der Waals surface area contributed by atoms with Crippen molar-refractivity contribution < 1.29 is 19.6 Å². The first-order chi connectivity index (χ1) is 12.1. The molecule has 0 bridgehead atoms. The lowest BCUT2D eigenvalue weighted by Gasteiger charge is -2.39. The second-order valence-corrected chi connectivity index (χ2v) is 6.84. The van der Waals surface area contributed by atoms with Gasteiger partial charge in [0.1, 0.15) is 10.9 Å². The van der Waals surface area contributed by atoms with Crippen LogP contribution in [0.25, 0.3) is 0 Å². The fourth-order valence-electron chi connectivity index (χ4n) is 2.82. The third kappa shape index (κ3) is 3.45. The summed E-state index contributed by atoms with van der Waals surface area (Å²) in [4.78, 5) is 40.2. The molecule has 2 unspecified atom stereocenters. The summed E-state index contributed by atoms with van der Waals surface area (Å²) in [5, 5.41) is 20.6. The van der Waals surface area contributed by atoms with Crippen molar-refractivity contribution in [2.24, 2.45) is 16.8 Å². The minimum Gasteiger partial charge on any atom is -0.481 e. The molecular weight excluding hydrogens is 382 g/mol. The highest BCUT2D eigenvalue weighted by Crippen LogP contribution is 2.41. The number of carbonyl (C=O) groups is 2. The van der Waals surface area contributed by atoms with Gasteiger partial charge in [-0.1, -0.05) is 37.6 Å². The van der Waals surface area contributed by atoms with E-state index in [0.717, 1.165) is 4.90 Å². The zero-order chi connectivity index (χ0) is 19.8. The molecule has 0 saturated carbocycles. The van der Waals surface area contributed by atoms with Crippen LogP contribution in [-0.4, -0.2) is 37.6 Å². The van der Waals surface area contributed by atoms with Gasteiger partial charge in [-0.25, -0.2) is 4.99 Å². The van der Waals surface area contributed by atoms with Gasteiger partial charge >= 0.3 is 5.97 Å². The van der Waals surface area contributed by atoms with E-state index in [2.05, 4.69) is 4.99 Å². The topological polar surface area (TPSA) is 113 Å². The Kier molecular flexibility index (Phi) is 5.72. The average Bonchev–Trinajstić information content (AvgIpc) is 2.53. The predicted octanol–water partition coefficient (Wildman–Crippen LogP) is 3.23. The van der Waals surface area contributed by atoms with E-state index in [0.29, 0.717) is 0 Å². The Bertz CT molecular complexity index is 839. The molecule has 0 fully saturated rings. The summed E-state index contributed by atoms with van der Waals surface area (Å²) in [6.45, 7) is 4.76. The first-order valence-electron chi connectivity index (χ1n) is 7.65. The largest absolute Gasteiger partial charge is 0.481 e. The van der Waals surface area contributed by atoms with E-state index >= 15 is 0 Å². The van der Waals surface area contributed by atoms with Crippen LogP contribution in [-0.2, 0) is 9.59 Å². The predicted molar refractivity (Wildman–Crippen MR) is 99.4 cm³/mol. The molecule has 1 heterocycles. The number of carboxylic acid groups (broad SMARTS) is 1. The molecule has 1 N–H and O–H groups in total. The molecule has 138 valence electrons. The third-order valence-electron chi connectivity index (χ3n) is 4.04. The fraction of sp³-hybridized carbons (Fsp3) is 0.375. The van der Waals surface area contributed by atoms with Gasteiger partial charge in [0.15, 0.2) is 0 Å². The Morgan fingerprint density at radius 2 is 2.04 bits per heavy atom. The van der Waals surface area contributed by atoms with Crippen LogP contribution >= 0.6 is 23.8 Å². The van der Waals surface area contributed by atoms with Crippen LogP contribution in [0.4, 0.5) is 5.69 Å². The highest BCUT2D eigenvalue weighted by atomic mass is 35.5. The molecule has 0 aliphatic carbocycles. The number of aliphatic carboxylic acids is 1. The summed E-state index contributed by atoms with van der Waals surface area (Å²) in [5.41, 5.74) is -0.0434. The first kappa shape index (κ1) is 19.9. The first-order valence-corrected chi connectivity index (χ1v) is 8.44. The van der Waals surface area contributed by atoms with Crippen LogP contribution in [0.2, 0.25) is 5.02 Å². The van der Waals surface area contributed by atoms with E-state index in [1.165, 1.54) is 25.1 Å². The smallest absolute Gasteiger partial charge is 0.314 e. The number of amides is 1. The summed E-state index contributed by atoms with van der Waals surface area (Å²) >= 11 is 11.4. The summed E-state index contributed by atoms with van der Waals surface area (Å²) < 4.78 is 0. The number of nitro benzene ring substituents is 1. The maximum atomic E-state index is 12.7. The second kappa shape index (κ2) is 7.46. The van der Waals surface area contributed by atoms with Gasteiger partial charge in [0, 0.05) is 23.3 Å². The van der Waals surface area contributed by atoms with Crippen molar-refractivity contribution in [3.63, 3.8) is 0 Å². The maximum Gasteiger partial charge on any atom is 0.314 e. The summed E-state index contributed by atoms with van der Waals surface area (Å²) in [6, 6.07) is 2.93. The van der Waals surface area contributed by atoms with Gasteiger partial charge in [-0.05, 0) is 19.1 Å². The van der Waals surface area contributed by atoms with Crippen molar-refractivity contribution >= 4 is 52.2 Å². The number of halogens is 1. The van der Waals surface area contributed by atoms with Gasteiger partial charge in [-0.15, -0.1) is 0 Å². The zero-order valence-corrected chi connectivity index (χ0v) is 15.7. The van der Waals surface area contributed by atoms with E-state index in [9.17, 15) is 24.8 Å². The molecule has 10 heteroatoms. The molecule has 1 aliphatic rings. The lowest BCUT2D eigenvalue weighted by Crippen LogP contribution is -2.50. The van der Waals surface area contributed by atoms with Gasteiger partial charge in [0.25, 0.3) is 5.69 Å². The number of hydrogen-bond donors (Lipinski definition) is 1. The van der Waals surface area contributed by atoms with Crippen LogP contribution < -0.4 is 0 Å². The molecule has 8 nitrogen and oxygen atoms in total. The molecule has 0 saturated heterocycles. The lowest BCUT2D eigenvalue weighted by molar-refractivity contribution is -0.384. The van der Waals surface area contributed by atoms with Crippen LogP contribution in [0.15, 0.2) is 23.2 Å². The number of nitro groups is 1. The van der Waals surface area contributed by atoms with Crippen LogP contribution in [0.5, 0.6) is 0 Å². The Balaban J connectivity index is 2.77. The number of hydrogen-bond acceptors (Lipinski definition) is 5. The normalized spacial score (nSPS) is 20.1. The van der Waals surface area contributed by atoms with Crippen LogP contribution in [0, 0.1) is 22.0 Å². The molecule has 1 aliphatic heterocycles. The van der Waals surface area contributed by atoms with Crippen LogP contribution in [0.3, 0.4) is 0 Å².